The lowest BCUT2D eigenvalue weighted by molar-refractivity contribution is -0.144. The molecule has 0 radical (unpaired) electrons. The van der Waals surface area contributed by atoms with Gasteiger partial charge in [-0.2, -0.15) is 0 Å². The minimum Gasteiger partial charge on any atom is -0.444 e. The Labute approximate surface area is 88.1 Å². The summed E-state index contributed by atoms with van der Waals surface area (Å²) >= 11 is 0. The summed E-state index contributed by atoms with van der Waals surface area (Å²) in [6.45, 7) is 1.27. The van der Waals surface area contributed by atoms with Crippen molar-refractivity contribution < 1.29 is 14.3 Å². The number of hydrogen-bond acceptors (Lipinski definition) is 3. The van der Waals surface area contributed by atoms with Crippen LogP contribution in [0.4, 0.5) is 0 Å². The smallest absolute Gasteiger partial charge is 0.304 e. The van der Waals surface area contributed by atoms with E-state index in [4.69, 9.17) is 11.2 Å². The highest BCUT2D eigenvalue weighted by atomic mass is 16.5. The van der Waals surface area contributed by atoms with Gasteiger partial charge in [-0.05, 0) is 0 Å². The van der Waals surface area contributed by atoms with E-state index in [1.54, 1.807) is 24.3 Å². The van der Waals surface area contributed by atoms with Gasteiger partial charge in [0.15, 0.2) is 12.4 Å². The molecule has 0 aromatic heterocycles. The summed E-state index contributed by atoms with van der Waals surface area (Å²) in [6, 6.07) is 6.73. The molecule has 0 aliphatic heterocycles. The van der Waals surface area contributed by atoms with Gasteiger partial charge >= 0.3 is 5.97 Å². The predicted octanol–water partition coefficient (Wildman–Crippen LogP) is 1.74. The first-order valence-corrected chi connectivity index (χ1v) is 4.36. The number of esters is 1. The molecule has 0 saturated heterocycles. The van der Waals surface area contributed by atoms with Crippen molar-refractivity contribution in [3.8, 4) is 12.3 Å². The third-order valence-corrected chi connectivity index (χ3v) is 1.84. The van der Waals surface area contributed by atoms with Crippen molar-refractivity contribution in [2.24, 2.45) is 0 Å². The molecule has 0 bridgehead atoms. The van der Waals surface area contributed by atoms with Crippen LogP contribution in [0.5, 0.6) is 0 Å². The van der Waals surface area contributed by atoms with Crippen LogP contribution in [0.25, 0.3) is 0 Å². The maximum Gasteiger partial charge on any atom is 0.304 e. The molecule has 1 aromatic carbocycles. The van der Waals surface area contributed by atoms with E-state index in [-0.39, 0.29) is 0 Å². The number of terminal acetylenes is 1. The Morgan fingerprint density at radius 2 is 2.20 bits per heavy atom. The monoisotopic (exact) mass is 202 g/mol. The summed E-state index contributed by atoms with van der Waals surface area (Å²) in [7, 11) is 0. The van der Waals surface area contributed by atoms with Crippen molar-refractivity contribution in [2.75, 3.05) is 0 Å². The van der Waals surface area contributed by atoms with Crippen molar-refractivity contribution in [1.82, 2.24) is 0 Å². The Morgan fingerprint density at radius 3 is 2.73 bits per heavy atom. The third kappa shape index (κ3) is 2.68. The molecule has 1 rings (SSSR count). The van der Waals surface area contributed by atoms with Gasteiger partial charge in [0.2, 0.25) is 0 Å². The van der Waals surface area contributed by atoms with Crippen LogP contribution in [0.15, 0.2) is 24.3 Å². The van der Waals surface area contributed by atoms with Crippen molar-refractivity contribution in [3.63, 3.8) is 0 Å². The summed E-state index contributed by atoms with van der Waals surface area (Å²) in [6.07, 6.45) is 5.12. The number of carbonyl (C=O) groups excluding carboxylic acids is 2. The molecule has 0 heterocycles. The molecule has 0 aliphatic rings. The molecule has 0 aliphatic carbocycles. The van der Waals surface area contributed by atoms with Crippen molar-refractivity contribution in [3.05, 3.63) is 35.4 Å². The third-order valence-electron chi connectivity index (χ3n) is 1.84. The second kappa shape index (κ2) is 4.97. The van der Waals surface area contributed by atoms with Crippen molar-refractivity contribution >= 4 is 12.3 Å². The van der Waals surface area contributed by atoms with Gasteiger partial charge in [-0.1, -0.05) is 30.2 Å². The van der Waals surface area contributed by atoms with Crippen LogP contribution in [0, 0.1) is 12.3 Å². The minimum atomic E-state index is -0.802. The molecule has 0 N–H and O–H groups in total. The average Bonchev–Trinajstić information content (AvgIpc) is 2.25. The molecule has 1 atom stereocenters. The molecule has 0 spiro atoms. The number of carbonyl (C=O) groups is 2. The Kier molecular flexibility index (Phi) is 3.64. The van der Waals surface area contributed by atoms with Crippen molar-refractivity contribution in [1.29, 1.82) is 0 Å². The maximum absolute atomic E-state index is 10.8. The minimum absolute atomic E-state index is 0.432. The highest BCUT2D eigenvalue weighted by Crippen LogP contribution is 2.19. The Bertz CT molecular complexity index is 415. The fourth-order valence-electron chi connectivity index (χ4n) is 1.21. The van der Waals surface area contributed by atoms with E-state index in [0.29, 0.717) is 17.4 Å². The highest BCUT2D eigenvalue weighted by molar-refractivity contribution is 5.78. The molecule has 0 amide bonds. The van der Waals surface area contributed by atoms with Crippen LogP contribution in [0.1, 0.15) is 28.9 Å². The first-order valence-electron chi connectivity index (χ1n) is 4.36. The Hall–Kier alpha value is -2.08. The summed E-state index contributed by atoms with van der Waals surface area (Å²) in [5.74, 6) is 1.85. The first kappa shape index (κ1) is 11.0. The fraction of sp³-hybridized carbons (Fsp3) is 0.167. The van der Waals surface area contributed by atoms with Crippen LogP contribution in [0.3, 0.4) is 0 Å². The van der Waals surface area contributed by atoms with Gasteiger partial charge in [-0.25, -0.2) is 0 Å². The van der Waals surface area contributed by atoms with E-state index in [2.05, 4.69) is 5.92 Å². The summed E-state index contributed by atoms with van der Waals surface area (Å²) in [4.78, 5) is 21.5. The van der Waals surface area contributed by atoms with E-state index >= 15 is 0 Å². The lowest BCUT2D eigenvalue weighted by atomic mass is 10.0. The molecule has 15 heavy (non-hydrogen) atoms. The van der Waals surface area contributed by atoms with E-state index in [1.807, 2.05) is 0 Å². The van der Waals surface area contributed by atoms with Crippen molar-refractivity contribution in [2.45, 2.75) is 13.0 Å². The standard InChI is InChI=1S/C12H10O3/c1-3-12(15-9(2)14)11-7-5-4-6-10(11)8-13/h1,4-8,12H,2H3. The number of rotatable bonds is 3. The van der Waals surface area contributed by atoms with Gasteiger partial charge in [0, 0.05) is 18.1 Å². The Morgan fingerprint density at radius 1 is 1.53 bits per heavy atom. The molecule has 3 nitrogen and oxygen atoms in total. The van der Waals surface area contributed by atoms with Gasteiger partial charge in [0.25, 0.3) is 0 Å². The van der Waals surface area contributed by atoms with E-state index in [0.717, 1.165) is 0 Å². The van der Waals surface area contributed by atoms with Gasteiger partial charge in [-0.3, -0.25) is 9.59 Å². The second-order valence-corrected chi connectivity index (χ2v) is 2.90. The van der Waals surface area contributed by atoms with Crippen LogP contribution in [-0.4, -0.2) is 12.3 Å². The van der Waals surface area contributed by atoms with Crippen LogP contribution in [-0.2, 0) is 9.53 Å². The lowest BCUT2D eigenvalue weighted by Crippen LogP contribution is -2.08. The number of hydrogen-bond donors (Lipinski definition) is 0. The molecule has 0 fully saturated rings. The van der Waals surface area contributed by atoms with Gasteiger partial charge in [0.05, 0.1) is 0 Å². The highest BCUT2D eigenvalue weighted by Gasteiger charge is 2.14. The van der Waals surface area contributed by atoms with Crippen LogP contribution < -0.4 is 0 Å². The molecule has 3 heteroatoms. The largest absolute Gasteiger partial charge is 0.444 e. The van der Waals surface area contributed by atoms with Crippen LogP contribution >= 0.6 is 0 Å². The zero-order chi connectivity index (χ0) is 11.3. The zero-order valence-electron chi connectivity index (χ0n) is 8.27. The molecule has 76 valence electrons. The van der Waals surface area contributed by atoms with E-state index in [1.165, 1.54) is 6.92 Å². The van der Waals surface area contributed by atoms with Gasteiger partial charge in [-0.15, -0.1) is 6.42 Å². The summed E-state index contributed by atoms with van der Waals surface area (Å²) in [5.41, 5.74) is 0.965. The van der Waals surface area contributed by atoms with Gasteiger partial charge in [0.1, 0.15) is 0 Å². The van der Waals surface area contributed by atoms with Gasteiger partial charge < -0.3 is 4.74 Å². The number of ether oxygens (including phenoxy) is 1. The molecule has 1 unspecified atom stereocenters. The molecular weight excluding hydrogens is 192 g/mol. The predicted molar refractivity (Wildman–Crippen MR) is 55.2 cm³/mol. The van der Waals surface area contributed by atoms with Crippen LogP contribution in [0.2, 0.25) is 0 Å². The summed E-state index contributed by atoms with van der Waals surface area (Å²) < 4.78 is 4.89. The molecule has 0 saturated carbocycles. The Balaban J connectivity index is 3.07. The second-order valence-electron chi connectivity index (χ2n) is 2.90. The summed E-state index contributed by atoms with van der Waals surface area (Å²) in [5, 5.41) is 0. The zero-order valence-corrected chi connectivity index (χ0v) is 8.27. The quantitative estimate of drug-likeness (QED) is 0.426. The molecular formula is C12H10O3. The SMILES string of the molecule is C#CC(OC(C)=O)c1ccccc1C=O. The normalized spacial score (nSPS) is 11.2. The lowest BCUT2D eigenvalue weighted by Gasteiger charge is -2.12. The number of benzene rings is 1. The van der Waals surface area contributed by atoms with E-state index < -0.39 is 12.1 Å². The average molecular weight is 202 g/mol. The van der Waals surface area contributed by atoms with E-state index in [9.17, 15) is 9.59 Å². The first-order chi connectivity index (χ1) is 7.19. The maximum atomic E-state index is 10.8. The molecule has 1 aromatic rings. The fourth-order valence-corrected chi connectivity index (χ4v) is 1.21. The topological polar surface area (TPSA) is 43.4 Å². The number of aldehydes is 1.